The third-order valence-corrected chi connectivity index (χ3v) is 4.36. The fourth-order valence-electron chi connectivity index (χ4n) is 2.04. The van der Waals surface area contributed by atoms with Gasteiger partial charge in [0.05, 0.1) is 12.0 Å². The van der Waals surface area contributed by atoms with Gasteiger partial charge >= 0.3 is 11.9 Å². The molecule has 0 radical (unpaired) electrons. The summed E-state index contributed by atoms with van der Waals surface area (Å²) in [6, 6.07) is 1.24. The van der Waals surface area contributed by atoms with E-state index in [4.69, 9.17) is 5.11 Å². The van der Waals surface area contributed by atoms with Crippen LogP contribution >= 0.6 is 11.3 Å². The molecule has 6 nitrogen and oxygen atoms in total. The van der Waals surface area contributed by atoms with Crippen molar-refractivity contribution < 1.29 is 19.8 Å². The van der Waals surface area contributed by atoms with E-state index in [2.05, 4.69) is 6.07 Å². The van der Waals surface area contributed by atoms with Crippen LogP contribution in [0.15, 0.2) is 5.38 Å². The number of carbonyl (C=O) groups is 2. The maximum Gasteiger partial charge on any atom is 0.326 e. The summed E-state index contributed by atoms with van der Waals surface area (Å²) in [5, 5.41) is 29.9. The van der Waals surface area contributed by atoms with Gasteiger partial charge in [-0.2, -0.15) is 5.26 Å². The topological polar surface area (TPSA) is 102 Å². The van der Waals surface area contributed by atoms with E-state index in [1.54, 1.807) is 0 Å². The van der Waals surface area contributed by atoms with Crippen LogP contribution in [0.4, 0.5) is 5.00 Å². The van der Waals surface area contributed by atoms with Gasteiger partial charge in [-0.15, -0.1) is 11.3 Å². The lowest BCUT2D eigenvalue weighted by Gasteiger charge is -2.27. The van der Waals surface area contributed by atoms with Crippen LogP contribution < -0.4 is 4.90 Å². The molecule has 0 fully saturated rings. The van der Waals surface area contributed by atoms with E-state index in [1.807, 2.05) is 26.2 Å². The molecule has 7 heteroatoms. The lowest BCUT2D eigenvalue weighted by molar-refractivity contribution is -0.139. The van der Waals surface area contributed by atoms with Crippen molar-refractivity contribution in [1.29, 1.82) is 5.26 Å². The smallest absolute Gasteiger partial charge is 0.326 e. The molecule has 22 heavy (non-hydrogen) atoms. The Kier molecular flexibility index (Phi) is 5.55. The molecule has 1 aromatic heterocycles. The lowest BCUT2D eigenvalue weighted by atomic mass is 9.86. The molecule has 120 valence electrons. The molecule has 0 bridgehead atoms. The molecule has 1 atom stereocenters. The molecule has 0 aliphatic rings. The summed E-state index contributed by atoms with van der Waals surface area (Å²) in [4.78, 5) is 23.6. The van der Waals surface area contributed by atoms with Crippen molar-refractivity contribution in [2.75, 3.05) is 11.4 Å². The minimum Gasteiger partial charge on any atom is -0.481 e. The Morgan fingerprint density at radius 3 is 2.41 bits per heavy atom. The molecule has 0 spiro atoms. The number of nitrogens with zero attached hydrogens (tertiary/aromatic N) is 2. The largest absolute Gasteiger partial charge is 0.481 e. The highest BCUT2D eigenvalue weighted by Gasteiger charge is 2.29. The lowest BCUT2D eigenvalue weighted by Crippen LogP contribution is -2.40. The Balaban J connectivity index is 3.31. The number of hydrogen-bond donors (Lipinski definition) is 2. The van der Waals surface area contributed by atoms with Crippen molar-refractivity contribution in [2.45, 2.75) is 45.6 Å². The zero-order valence-electron chi connectivity index (χ0n) is 13.1. The number of aliphatic carboxylic acids is 2. The van der Waals surface area contributed by atoms with Crippen LogP contribution in [0.25, 0.3) is 0 Å². The molecule has 1 rings (SSSR count). The molecule has 0 saturated carbocycles. The molecule has 0 aliphatic carbocycles. The molecule has 1 unspecified atom stereocenters. The van der Waals surface area contributed by atoms with Crippen molar-refractivity contribution in [3.8, 4) is 6.07 Å². The monoisotopic (exact) mass is 324 g/mol. The molecule has 2 N–H and O–H groups in total. The van der Waals surface area contributed by atoms with Gasteiger partial charge in [-0.25, -0.2) is 4.79 Å². The van der Waals surface area contributed by atoms with E-state index in [9.17, 15) is 20.0 Å². The van der Waals surface area contributed by atoms with Gasteiger partial charge in [0.2, 0.25) is 0 Å². The van der Waals surface area contributed by atoms with E-state index in [-0.39, 0.29) is 18.4 Å². The Morgan fingerprint density at radius 1 is 1.41 bits per heavy atom. The second-order valence-corrected chi connectivity index (χ2v) is 6.90. The van der Waals surface area contributed by atoms with E-state index in [0.717, 1.165) is 5.56 Å². The Hall–Kier alpha value is -2.07. The van der Waals surface area contributed by atoms with E-state index in [0.29, 0.717) is 10.6 Å². The summed E-state index contributed by atoms with van der Waals surface area (Å²) < 4.78 is 0. The van der Waals surface area contributed by atoms with Crippen LogP contribution in [0.5, 0.6) is 0 Å². The number of carboxylic acids is 2. The molecule has 0 aromatic carbocycles. The Bertz CT molecular complexity index is 610. The van der Waals surface area contributed by atoms with Crippen molar-refractivity contribution in [3.63, 3.8) is 0 Å². The summed E-state index contributed by atoms with van der Waals surface area (Å²) in [6.45, 7) is 7.45. The first-order valence-corrected chi connectivity index (χ1v) is 7.70. The van der Waals surface area contributed by atoms with Gasteiger partial charge in [-0.3, -0.25) is 4.79 Å². The van der Waals surface area contributed by atoms with Crippen molar-refractivity contribution >= 4 is 28.3 Å². The fraction of sp³-hybridized carbons (Fsp3) is 0.533. The second kappa shape index (κ2) is 6.79. The quantitative estimate of drug-likeness (QED) is 0.834. The minimum atomic E-state index is -1.06. The first kappa shape index (κ1) is 18.0. The Labute approximate surface area is 133 Å². The van der Waals surface area contributed by atoms with Gasteiger partial charge in [-0.05, 0) is 23.3 Å². The van der Waals surface area contributed by atoms with Gasteiger partial charge in [0.15, 0.2) is 0 Å². The first-order chi connectivity index (χ1) is 10.1. The maximum atomic E-state index is 11.3. The summed E-state index contributed by atoms with van der Waals surface area (Å²) in [5.41, 5.74) is 1.02. The van der Waals surface area contributed by atoms with Crippen molar-refractivity contribution in [3.05, 3.63) is 16.5 Å². The summed E-state index contributed by atoms with van der Waals surface area (Å²) in [5.74, 6) is -2.06. The molecule has 1 aromatic rings. The summed E-state index contributed by atoms with van der Waals surface area (Å²) >= 11 is 1.28. The third kappa shape index (κ3) is 3.98. The van der Waals surface area contributed by atoms with E-state index < -0.39 is 18.0 Å². The van der Waals surface area contributed by atoms with E-state index in [1.165, 1.54) is 23.2 Å². The molecular weight excluding hydrogens is 304 g/mol. The molecule has 1 heterocycles. The van der Waals surface area contributed by atoms with Gasteiger partial charge in [0.25, 0.3) is 0 Å². The molecule has 0 saturated heterocycles. The van der Waals surface area contributed by atoms with E-state index >= 15 is 0 Å². The molecule has 0 amide bonds. The highest BCUT2D eigenvalue weighted by Crippen LogP contribution is 2.38. The predicted molar refractivity (Wildman–Crippen MR) is 84.4 cm³/mol. The second-order valence-electron chi connectivity index (χ2n) is 6.04. The summed E-state index contributed by atoms with van der Waals surface area (Å²) in [7, 11) is 0. The minimum absolute atomic E-state index is 0.0432. The highest BCUT2D eigenvalue weighted by molar-refractivity contribution is 7.14. The zero-order chi connectivity index (χ0) is 17.1. The average Bonchev–Trinajstić information content (AvgIpc) is 2.81. The van der Waals surface area contributed by atoms with Gasteiger partial charge in [-0.1, -0.05) is 20.8 Å². The van der Waals surface area contributed by atoms with Crippen molar-refractivity contribution in [2.24, 2.45) is 0 Å². The SMILES string of the molecule is CC(C(=O)O)N(CCC(=O)O)c1scc(C(C)(C)C)c1C#N. The number of carboxylic acid groups (broad SMARTS) is 2. The summed E-state index contributed by atoms with van der Waals surface area (Å²) in [6.07, 6.45) is -0.189. The van der Waals surface area contributed by atoms with Crippen LogP contribution in [0.3, 0.4) is 0 Å². The molecule has 0 aliphatic heterocycles. The van der Waals surface area contributed by atoms with Crippen molar-refractivity contribution in [1.82, 2.24) is 0 Å². The molecular formula is C15H20N2O4S. The highest BCUT2D eigenvalue weighted by atomic mass is 32.1. The average molecular weight is 324 g/mol. The number of rotatable bonds is 6. The van der Waals surface area contributed by atoms with Crippen LogP contribution in [-0.4, -0.2) is 34.7 Å². The number of anilines is 1. The number of thiophene rings is 1. The third-order valence-electron chi connectivity index (χ3n) is 3.34. The van der Waals surface area contributed by atoms with Gasteiger partial charge < -0.3 is 15.1 Å². The van der Waals surface area contributed by atoms with Crippen LogP contribution in [-0.2, 0) is 15.0 Å². The predicted octanol–water partition coefficient (Wildman–Crippen LogP) is 2.67. The maximum absolute atomic E-state index is 11.3. The van der Waals surface area contributed by atoms with Crippen LogP contribution in [0.1, 0.15) is 45.2 Å². The normalized spacial score (nSPS) is 12.5. The zero-order valence-corrected chi connectivity index (χ0v) is 13.9. The standard InChI is InChI=1S/C15H20N2O4S/c1-9(14(20)21)17(6-5-12(18)19)13-10(7-16)11(8-22-13)15(2,3)4/h8-9H,5-6H2,1-4H3,(H,18,19)(H,20,21). The first-order valence-electron chi connectivity index (χ1n) is 6.83. The fourth-order valence-corrected chi connectivity index (χ4v) is 3.40. The van der Waals surface area contributed by atoms with Gasteiger partial charge in [0.1, 0.15) is 17.1 Å². The van der Waals surface area contributed by atoms with Gasteiger partial charge in [0, 0.05) is 6.54 Å². The Morgan fingerprint density at radius 2 is 2.00 bits per heavy atom. The van der Waals surface area contributed by atoms with Crippen LogP contribution in [0.2, 0.25) is 0 Å². The number of hydrogen-bond acceptors (Lipinski definition) is 5. The van der Waals surface area contributed by atoms with Crippen LogP contribution in [0, 0.1) is 11.3 Å². The number of nitriles is 1.